The lowest BCUT2D eigenvalue weighted by molar-refractivity contribution is -0.131. The van der Waals surface area contributed by atoms with Crippen LogP contribution in [0.25, 0.3) is 15.9 Å². The van der Waals surface area contributed by atoms with Crippen molar-refractivity contribution in [1.29, 1.82) is 0 Å². The first-order chi connectivity index (χ1) is 14.8. The average Bonchev–Trinajstić information content (AvgIpc) is 3.03. The van der Waals surface area contributed by atoms with Crippen LogP contribution in [0.2, 0.25) is 0 Å². The molecule has 0 N–H and O–H groups in total. The molecule has 7 heteroatoms. The summed E-state index contributed by atoms with van der Waals surface area (Å²) in [5.41, 5.74) is 3.95. The molecular weight excluding hydrogens is 426 g/mol. The van der Waals surface area contributed by atoms with Crippen LogP contribution in [-0.4, -0.2) is 38.7 Å². The number of hydrogen-bond donors (Lipinski definition) is 0. The van der Waals surface area contributed by atoms with Gasteiger partial charge in [0.25, 0.3) is 5.56 Å². The van der Waals surface area contributed by atoms with Gasteiger partial charge in [0.1, 0.15) is 4.83 Å². The number of piperidine rings is 1. The van der Waals surface area contributed by atoms with Crippen molar-refractivity contribution in [3.05, 3.63) is 50.1 Å². The molecule has 0 spiro atoms. The number of rotatable bonds is 4. The third-order valence-corrected chi connectivity index (χ3v) is 8.46. The van der Waals surface area contributed by atoms with Gasteiger partial charge in [-0.2, -0.15) is 0 Å². The van der Waals surface area contributed by atoms with Crippen molar-refractivity contribution in [3.8, 4) is 5.69 Å². The molecule has 0 bridgehead atoms. The van der Waals surface area contributed by atoms with Crippen molar-refractivity contribution >= 4 is 39.2 Å². The van der Waals surface area contributed by atoms with E-state index in [1.807, 2.05) is 50.8 Å². The Hall–Kier alpha value is -2.12. The second kappa shape index (κ2) is 8.79. The normalized spacial score (nSPS) is 16.8. The van der Waals surface area contributed by atoms with E-state index in [0.717, 1.165) is 51.5 Å². The summed E-state index contributed by atoms with van der Waals surface area (Å²) in [6.07, 6.45) is 3.30. The second-order valence-corrected chi connectivity index (χ2v) is 10.6. The van der Waals surface area contributed by atoms with Gasteiger partial charge >= 0.3 is 0 Å². The van der Waals surface area contributed by atoms with Crippen LogP contribution in [0.3, 0.4) is 0 Å². The monoisotopic (exact) mass is 455 g/mol. The smallest absolute Gasteiger partial charge is 0.267 e. The summed E-state index contributed by atoms with van der Waals surface area (Å²) in [4.78, 5) is 35.3. The molecule has 1 aromatic carbocycles. The number of likely N-dealkylation sites (tertiary alicyclic amines) is 1. The predicted octanol–water partition coefficient (Wildman–Crippen LogP) is 5.17. The van der Waals surface area contributed by atoms with Crippen LogP contribution in [-0.2, 0) is 4.79 Å². The summed E-state index contributed by atoms with van der Waals surface area (Å²) in [6, 6.07) is 6.25. The highest BCUT2D eigenvalue weighted by Crippen LogP contribution is 2.31. The van der Waals surface area contributed by atoms with Crippen molar-refractivity contribution < 1.29 is 4.79 Å². The molecular formula is C24H29N3O2S2. The third kappa shape index (κ3) is 4.05. The molecule has 4 rings (SSSR count). The number of fused-ring (bicyclic) bond motifs is 1. The Balaban J connectivity index is 1.79. The van der Waals surface area contributed by atoms with Crippen LogP contribution < -0.4 is 5.56 Å². The number of aromatic nitrogens is 2. The minimum absolute atomic E-state index is 0.0539. The van der Waals surface area contributed by atoms with Gasteiger partial charge < -0.3 is 4.90 Å². The SMILES string of the molecule is Cc1cccc(-n2c(SCC(=O)N3CCCC[C@H]3C)nc3sc(C)c(C)c3c2=O)c1C. The van der Waals surface area contributed by atoms with Crippen LogP contribution >= 0.6 is 23.1 Å². The van der Waals surface area contributed by atoms with E-state index in [0.29, 0.717) is 10.5 Å². The molecule has 1 aliphatic heterocycles. The Morgan fingerprint density at radius 3 is 2.71 bits per heavy atom. The molecule has 0 unspecified atom stereocenters. The molecule has 0 aliphatic carbocycles. The highest BCUT2D eigenvalue weighted by Gasteiger charge is 2.25. The Kier molecular flexibility index (Phi) is 6.26. The van der Waals surface area contributed by atoms with Gasteiger partial charge in [0, 0.05) is 17.5 Å². The molecule has 1 fully saturated rings. The Morgan fingerprint density at radius 1 is 1.19 bits per heavy atom. The summed E-state index contributed by atoms with van der Waals surface area (Å²) in [6.45, 7) is 11.0. The van der Waals surface area contributed by atoms with Crippen LogP contribution in [0.1, 0.15) is 47.8 Å². The largest absolute Gasteiger partial charge is 0.339 e. The summed E-state index contributed by atoms with van der Waals surface area (Å²) in [5, 5.41) is 1.27. The van der Waals surface area contributed by atoms with Crippen molar-refractivity contribution in [2.45, 2.75) is 65.1 Å². The second-order valence-electron chi connectivity index (χ2n) is 8.44. The first-order valence-corrected chi connectivity index (χ1v) is 12.6. The van der Waals surface area contributed by atoms with Gasteiger partial charge in [0.2, 0.25) is 5.91 Å². The number of nitrogens with zero attached hydrogens (tertiary/aromatic N) is 3. The minimum atomic E-state index is -0.0539. The van der Waals surface area contributed by atoms with E-state index in [4.69, 9.17) is 4.98 Å². The molecule has 1 aliphatic rings. The average molecular weight is 456 g/mol. The van der Waals surface area contributed by atoms with Crippen molar-refractivity contribution in [3.63, 3.8) is 0 Å². The van der Waals surface area contributed by atoms with E-state index in [2.05, 4.69) is 6.92 Å². The predicted molar refractivity (Wildman–Crippen MR) is 130 cm³/mol. The first-order valence-electron chi connectivity index (χ1n) is 10.8. The number of thiophene rings is 1. The summed E-state index contributed by atoms with van der Waals surface area (Å²) >= 11 is 2.92. The standard InChI is InChI=1S/C24H29N3O2S2/c1-14-9-8-11-19(16(14)3)27-23(29)21-17(4)18(5)31-22(21)25-24(27)30-13-20(28)26-12-7-6-10-15(26)2/h8-9,11,15H,6-7,10,12-13H2,1-5H3/t15-/m1/s1. The minimum Gasteiger partial charge on any atom is -0.339 e. The fraction of sp³-hybridized carbons (Fsp3) is 0.458. The zero-order valence-electron chi connectivity index (χ0n) is 18.8. The maximum Gasteiger partial charge on any atom is 0.267 e. The van der Waals surface area contributed by atoms with Crippen molar-refractivity contribution in [1.82, 2.24) is 14.5 Å². The van der Waals surface area contributed by atoms with E-state index >= 15 is 0 Å². The maximum absolute atomic E-state index is 13.7. The number of benzene rings is 1. The van der Waals surface area contributed by atoms with E-state index in [1.165, 1.54) is 18.2 Å². The Labute approximate surface area is 191 Å². The van der Waals surface area contributed by atoms with Crippen LogP contribution in [0.5, 0.6) is 0 Å². The first kappa shape index (κ1) is 22.1. The van der Waals surface area contributed by atoms with Gasteiger partial charge in [-0.1, -0.05) is 23.9 Å². The topological polar surface area (TPSA) is 55.2 Å². The fourth-order valence-electron chi connectivity index (χ4n) is 4.24. The summed E-state index contributed by atoms with van der Waals surface area (Å²) in [5.74, 6) is 0.411. The highest BCUT2D eigenvalue weighted by molar-refractivity contribution is 7.99. The highest BCUT2D eigenvalue weighted by atomic mass is 32.2. The quantitative estimate of drug-likeness (QED) is 0.402. The lowest BCUT2D eigenvalue weighted by Gasteiger charge is -2.33. The maximum atomic E-state index is 13.7. The van der Waals surface area contributed by atoms with Crippen LogP contribution in [0.15, 0.2) is 28.2 Å². The lowest BCUT2D eigenvalue weighted by atomic mass is 10.0. The summed E-state index contributed by atoms with van der Waals surface area (Å²) in [7, 11) is 0. The molecule has 3 heterocycles. The lowest BCUT2D eigenvalue weighted by Crippen LogP contribution is -2.43. The molecule has 2 aromatic heterocycles. The van der Waals surface area contributed by atoms with Crippen LogP contribution in [0.4, 0.5) is 0 Å². The molecule has 0 radical (unpaired) electrons. The number of hydrogen-bond acceptors (Lipinski definition) is 5. The van der Waals surface area contributed by atoms with Crippen molar-refractivity contribution in [2.24, 2.45) is 0 Å². The van der Waals surface area contributed by atoms with Crippen molar-refractivity contribution in [2.75, 3.05) is 12.3 Å². The molecule has 1 amide bonds. The third-order valence-electron chi connectivity index (χ3n) is 6.44. The van der Waals surface area contributed by atoms with Crippen LogP contribution in [0, 0.1) is 27.7 Å². The van der Waals surface area contributed by atoms with Gasteiger partial charge in [0.15, 0.2) is 5.16 Å². The molecule has 5 nitrogen and oxygen atoms in total. The zero-order valence-corrected chi connectivity index (χ0v) is 20.5. The zero-order chi connectivity index (χ0) is 22.3. The Morgan fingerprint density at radius 2 is 1.97 bits per heavy atom. The molecule has 164 valence electrons. The van der Waals surface area contributed by atoms with Gasteiger partial charge in [0.05, 0.1) is 16.8 Å². The van der Waals surface area contributed by atoms with Gasteiger partial charge in [-0.25, -0.2) is 4.98 Å². The molecule has 3 aromatic rings. The number of carbonyl (C=O) groups is 1. The number of aryl methyl sites for hydroxylation is 3. The number of carbonyl (C=O) groups excluding carboxylic acids is 1. The fourth-order valence-corrected chi connectivity index (χ4v) is 6.20. The van der Waals surface area contributed by atoms with E-state index in [1.54, 1.807) is 15.9 Å². The molecule has 31 heavy (non-hydrogen) atoms. The Bertz CT molecular complexity index is 1210. The molecule has 1 atom stereocenters. The number of amides is 1. The van der Waals surface area contributed by atoms with E-state index in [-0.39, 0.29) is 23.3 Å². The van der Waals surface area contributed by atoms with E-state index in [9.17, 15) is 9.59 Å². The molecule has 0 saturated carbocycles. The van der Waals surface area contributed by atoms with E-state index < -0.39 is 0 Å². The molecule has 1 saturated heterocycles. The van der Waals surface area contributed by atoms with Gasteiger partial charge in [-0.05, 0) is 76.6 Å². The number of thioether (sulfide) groups is 1. The van der Waals surface area contributed by atoms with Gasteiger partial charge in [-0.3, -0.25) is 14.2 Å². The van der Waals surface area contributed by atoms with Gasteiger partial charge in [-0.15, -0.1) is 11.3 Å². The summed E-state index contributed by atoms with van der Waals surface area (Å²) < 4.78 is 1.71.